The number of benzene rings is 3. The summed E-state index contributed by atoms with van der Waals surface area (Å²) in [5.41, 5.74) is 13.3. The number of hydrogen-bond acceptors (Lipinski definition) is 2. The molecule has 2 heterocycles. The van der Waals surface area contributed by atoms with E-state index in [0.717, 1.165) is 35.3 Å². The summed E-state index contributed by atoms with van der Waals surface area (Å²) in [7, 11) is 0. The molecule has 2 heteroatoms. The zero-order chi connectivity index (χ0) is 24.5. The van der Waals surface area contributed by atoms with Crippen LogP contribution in [0.4, 0.5) is 0 Å². The zero-order valence-electron chi connectivity index (χ0n) is 21.6. The maximum atomic E-state index is 6.88. The predicted molar refractivity (Wildman–Crippen MR) is 147 cm³/mol. The fraction of sp³-hybridized carbons (Fsp3) is 0.303. The van der Waals surface area contributed by atoms with E-state index in [-0.39, 0.29) is 5.41 Å². The number of hydrogen-bond donors (Lipinski definition) is 0. The van der Waals surface area contributed by atoms with E-state index in [1.54, 1.807) is 0 Å². The first-order valence-electron chi connectivity index (χ1n) is 13.0. The van der Waals surface area contributed by atoms with Gasteiger partial charge < -0.3 is 4.42 Å². The maximum Gasteiger partial charge on any atom is 0.145 e. The van der Waals surface area contributed by atoms with Gasteiger partial charge in [-0.3, -0.25) is 4.98 Å². The minimum atomic E-state index is 0.0448. The van der Waals surface area contributed by atoms with Crippen LogP contribution >= 0.6 is 0 Å². The summed E-state index contributed by atoms with van der Waals surface area (Å²) < 4.78 is 6.88. The van der Waals surface area contributed by atoms with Gasteiger partial charge in [0.2, 0.25) is 0 Å². The molecular weight excluding hydrogens is 426 g/mol. The topological polar surface area (TPSA) is 26.0 Å². The summed E-state index contributed by atoms with van der Waals surface area (Å²) in [5.74, 6) is 0.458. The van der Waals surface area contributed by atoms with Gasteiger partial charge in [-0.15, -0.1) is 0 Å². The third-order valence-electron chi connectivity index (χ3n) is 8.48. The van der Waals surface area contributed by atoms with E-state index in [0.29, 0.717) is 5.92 Å². The van der Waals surface area contributed by atoms with E-state index in [4.69, 9.17) is 9.40 Å². The first-order valence-corrected chi connectivity index (χ1v) is 13.0. The van der Waals surface area contributed by atoms with E-state index in [1.165, 1.54) is 49.7 Å². The normalized spacial score (nSPS) is 14.1. The molecule has 6 rings (SSSR count). The van der Waals surface area contributed by atoms with Crippen molar-refractivity contribution in [3.05, 3.63) is 88.6 Å². The smallest absolute Gasteiger partial charge is 0.145 e. The monoisotopic (exact) mass is 459 g/mol. The number of nitrogens with zero attached hydrogens (tertiary/aromatic N) is 1. The first-order chi connectivity index (χ1) is 16.9. The van der Waals surface area contributed by atoms with Gasteiger partial charge in [0.1, 0.15) is 11.2 Å². The molecule has 1 aliphatic rings. The Balaban J connectivity index is 1.68. The van der Waals surface area contributed by atoms with Crippen molar-refractivity contribution in [1.29, 1.82) is 0 Å². The van der Waals surface area contributed by atoms with Crippen LogP contribution < -0.4 is 0 Å². The number of furan rings is 1. The molecule has 176 valence electrons. The van der Waals surface area contributed by atoms with Crippen molar-refractivity contribution in [2.75, 3.05) is 0 Å². The fourth-order valence-electron chi connectivity index (χ4n) is 6.57. The van der Waals surface area contributed by atoms with Gasteiger partial charge in [0, 0.05) is 33.5 Å². The van der Waals surface area contributed by atoms with Gasteiger partial charge in [-0.25, -0.2) is 0 Å². The van der Waals surface area contributed by atoms with Gasteiger partial charge in [0.05, 0.1) is 5.69 Å². The molecule has 5 aromatic rings. The molecule has 3 aromatic carbocycles. The molecule has 0 saturated heterocycles. The lowest BCUT2D eigenvalue weighted by atomic mass is 9.74. The highest BCUT2D eigenvalue weighted by Gasteiger charge is 2.42. The quantitative estimate of drug-likeness (QED) is 0.267. The molecule has 1 aliphatic carbocycles. The Labute approximate surface area is 208 Å². The summed E-state index contributed by atoms with van der Waals surface area (Å²) in [5, 5.41) is 2.35. The largest absolute Gasteiger partial charge is 0.455 e. The van der Waals surface area contributed by atoms with E-state index in [1.807, 2.05) is 6.20 Å². The average molecular weight is 460 g/mol. The van der Waals surface area contributed by atoms with Gasteiger partial charge in [-0.05, 0) is 72.1 Å². The highest BCUT2D eigenvalue weighted by molar-refractivity contribution is 6.14. The third kappa shape index (κ3) is 2.92. The molecule has 2 aromatic heterocycles. The van der Waals surface area contributed by atoms with Crippen LogP contribution in [-0.2, 0) is 5.41 Å². The highest BCUT2D eigenvalue weighted by atomic mass is 16.3. The maximum absolute atomic E-state index is 6.88. The van der Waals surface area contributed by atoms with Gasteiger partial charge in [-0.2, -0.15) is 0 Å². The lowest BCUT2D eigenvalue weighted by Gasteiger charge is -2.29. The van der Waals surface area contributed by atoms with Gasteiger partial charge in [0.15, 0.2) is 0 Å². The second-order valence-electron chi connectivity index (χ2n) is 10.5. The summed E-state index contributed by atoms with van der Waals surface area (Å²) in [4.78, 5) is 4.91. The number of fused-ring (bicyclic) bond motifs is 7. The first kappa shape index (κ1) is 22.1. The standard InChI is InChI=1S/C33H33NO/c1-7-33(8-2)26-12-10-9-11-24(26)30-27(33)16-15-23-22-14-13-20(5)29(31(22)35-32(23)30)28-17-21(6)25(18-34-28)19(3)4/h9-19H,7-8H2,1-6H3. The lowest BCUT2D eigenvalue weighted by Crippen LogP contribution is -2.22. The van der Waals surface area contributed by atoms with Crippen LogP contribution in [0.5, 0.6) is 0 Å². The summed E-state index contributed by atoms with van der Waals surface area (Å²) in [6.45, 7) is 13.4. The number of rotatable bonds is 4. The van der Waals surface area contributed by atoms with Crippen molar-refractivity contribution in [2.24, 2.45) is 0 Å². The summed E-state index contributed by atoms with van der Waals surface area (Å²) >= 11 is 0. The Morgan fingerprint density at radius 1 is 0.800 bits per heavy atom. The molecule has 0 radical (unpaired) electrons. The van der Waals surface area contributed by atoms with E-state index < -0.39 is 0 Å². The van der Waals surface area contributed by atoms with Crippen molar-refractivity contribution in [3.8, 4) is 22.4 Å². The molecule has 0 spiro atoms. The van der Waals surface area contributed by atoms with Crippen molar-refractivity contribution in [1.82, 2.24) is 4.98 Å². The molecule has 0 bridgehead atoms. The highest BCUT2D eigenvalue weighted by Crippen LogP contribution is 2.55. The summed E-state index contributed by atoms with van der Waals surface area (Å²) in [6.07, 6.45) is 4.20. The molecule has 0 atom stereocenters. The SMILES string of the molecule is CCC1(CC)c2ccccc2-c2c1ccc1c2oc2c(-c3cc(C)c(C(C)C)cn3)c(C)ccc21. The van der Waals surface area contributed by atoms with E-state index in [2.05, 4.69) is 96.1 Å². The Hall–Kier alpha value is -3.39. The summed E-state index contributed by atoms with van der Waals surface area (Å²) in [6, 6.07) is 20.2. The van der Waals surface area contributed by atoms with Gasteiger partial charge in [0.25, 0.3) is 0 Å². The second-order valence-corrected chi connectivity index (χ2v) is 10.5. The molecule has 0 aliphatic heterocycles. The van der Waals surface area contributed by atoms with Crippen LogP contribution in [0.25, 0.3) is 44.3 Å². The Morgan fingerprint density at radius 3 is 2.17 bits per heavy atom. The average Bonchev–Trinajstić information content (AvgIpc) is 3.37. The number of pyridine rings is 1. The van der Waals surface area contributed by atoms with E-state index in [9.17, 15) is 0 Å². The molecule has 35 heavy (non-hydrogen) atoms. The van der Waals surface area contributed by atoms with Gasteiger partial charge >= 0.3 is 0 Å². The molecule has 0 fully saturated rings. The Kier molecular flexibility index (Phi) is 4.93. The third-order valence-corrected chi connectivity index (χ3v) is 8.48. The molecule has 2 nitrogen and oxygen atoms in total. The molecule has 0 unspecified atom stereocenters. The zero-order valence-corrected chi connectivity index (χ0v) is 21.6. The molecular formula is C33H33NO. The molecule has 0 amide bonds. The van der Waals surface area contributed by atoms with Crippen molar-refractivity contribution in [2.45, 2.75) is 65.7 Å². The Bertz CT molecular complexity index is 1610. The van der Waals surface area contributed by atoms with Crippen LogP contribution in [0.15, 0.2) is 65.2 Å². The van der Waals surface area contributed by atoms with Crippen LogP contribution in [0, 0.1) is 13.8 Å². The Morgan fingerprint density at radius 2 is 1.49 bits per heavy atom. The molecule has 0 saturated carbocycles. The minimum absolute atomic E-state index is 0.0448. The molecule has 0 N–H and O–H groups in total. The second kappa shape index (κ2) is 7.81. The van der Waals surface area contributed by atoms with E-state index >= 15 is 0 Å². The lowest BCUT2D eigenvalue weighted by molar-refractivity contribution is 0.490. The number of aryl methyl sites for hydroxylation is 2. The van der Waals surface area contributed by atoms with Crippen molar-refractivity contribution in [3.63, 3.8) is 0 Å². The van der Waals surface area contributed by atoms with Crippen LogP contribution in [0.1, 0.15) is 74.3 Å². The van der Waals surface area contributed by atoms with Crippen LogP contribution in [-0.4, -0.2) is 4.98 Å². The van der Waals surface area contributed by atoms with Crippen LogP contribution in [0.2, 0.25) is 0 Å². The minimum Gasteiger partial charge on any atom is -0.455 e. The van der Waals surface area contributed by atoms with Gasteiger partial charge in [-0.1, -0.05) is 76.2 Å². The van der Waals surface area contributed by atoms with Crippen molar-refractivity contribution < 1.29 is 4.42 Å². The predicted octanol–water partition coefficient (Wildman–Crippen LogP) is 9.47. The van der Waals surface area contributed by atoms with Crippen LogP contribution in [0.3, 0.4) is 0 Å². The number of aromatic nitrogens is 1. The fourth-order valence-corrected chi connectivity index (χ4v) is 6.57. The van der Waals surface area contributed by atoms with Crippen molar-refractivity contribution >= 4 is 21.9 Å².